The number of hydrogen-bond acceptors (Lipinski definition) is 19. The van der Waals surface area contributed by atoms with Gasteiger partial charge in [-0.25, -0.2) is 13.7 Å². The Morgan fingerprint density at radius 3 is 0.857 bits per heavy atom. The molecule has 0 amide bonds. The predicted molar refractivity (Wildman–Crippen MR) is 437 cm³/mol. The van der Waals surface area contributed by atoms with E-state index in [0.717, 1.165) is 51.4 Å². The molecule has 0 aromatic heterocycles. The minimum Gasteiger partial charge on any atom is -0.462 e. The molecule has 19 nitrogen and oxygen atoms in total. The molecule has 0 spiro atoms. The lowest BCUT2D eigenvalue weighted by Crippen LogP contribution is -2.66. The summed E-state index contributed by atoms with van der Waals surface area (Å²) >= 11 is 0. The van der Waals surface area contributed by atoms with Gasteiger partial charge >= 0.3 is 35.4 Å². The topological polar surface area (TPSA) is 226 Å². The van der Waals surface area contributed by atoms with Gasteiger partial charge in [0, 0.05) is 12.8 Å². The van der Waals surface area contributed by atoms with Crippen molar-refractivity contribution in [2.45, 2.75) is 283 Å². The minimum absolute atomic E-state index is 0.0546. The Balaban J connectivity index is 1.15. The SMILES string of the molecule is CCCCCCCCCCCCCCCC(=O)OC[C@@H](COP(=O)(OCc1ccccc1)OC1C(O)C(OCc2ccccc2)C(OP(=O)(OCc2ccccc2)OCc2ccccc2)C(OP(=O)(OCc2ccccc2)OCc2ccccc2)C1OCc1ccccc1)OC(=O)CCCCCCCCCCCCCCC. The second-order valence-corrected chi connectivity index (χ2v) is 33.8. The predicted octanol–water partition coefficient (Wildman–Crippen LogP) is 23.5. The average molecular weight is 1600 g/mol. The monoisotopic (exact) mass is 1600 g/mol. The Kier molecular flexibility index (Phi) is 43.8. The van der Waals surface area contributed by atoms with Gasteiger partial charge < -0.3 is 24.1 Å². The fourth-order valence-electron chi connectivity index (χ4n) is 13.2. The van der Waals surface area contributed by atoms with E-state index in [1.807, 2.05) is 36.4 Å². The number of esters is 2. The number of unbranched alkanes of at least 4 members (excludes halogenated alkanes) is 24. The summed E-state index contributed by atoms with van der Waals surface area (Å²) in [7, 11) is -15.4. The van der Waals surface area contributed by atoms with Gasteiger partial charge in [0.15, 0.2) is 6.10 Å². The Hall–Kier alpha value is -6.31. The molecule has 8 rings (SSSR count). The number of aliphatic hydroxyl groups is 1. The van der Waals surface area contributed by atoms with E-state index in [0.29, 0.717) is 51.8 Å². The van der Waals surface area contributed by atoms with Crippen LogP contribution < -0.4 is 0 Å². The number of benzene rings is 7. The van der Waals surface area contributed by atoms with Crippen LogP contribution in [0.5, 0.6) is 0 Å². The maximum Gasteiger partial charge on any atom is 0.475 e. The number of phosphoric acid groups is 3. The summed E-state index contributed by atoms with van der Waals surface area (Å²) in [5.41, 5.74) is 4.08. The van der Waals surface area contributed by atoms with E-state index in [9.17, 15) is 14.7 Å². The lowest BCUT2D eigenvalue weighted by molar-refractivity contribution is -0.243. The molecule has 0 radical (unpaired) electrons. The van der Waals surface area contributed by atoms with Crippen LogP contribution in [0, 0.1) is 0 Å². The molecule has 0 heterocycles. The molecule has 7 aromatic carbocycles. The molecule has 0 saturated heterocycles. The van der Waals surface area contributed by atoms with Crippen LogP contribution in [0.15, 0.2) is 212 Å². The zero-order valence-electron chi connectivity index (χ0n) is 66.0. The van der Waals surface area contributed by atoms with Crippen LogP contribution in [-0.4, -0.2) is 73.0 Å². The molecule has 0 aliphatic heterocycles. The lowest BCUT2D eigenvalue weighted by Gasteiger charge is -2.48. The maximum atomic E-state index is 16.5. The van der Waals surface area contributed by atoms with Gasteiger partial charge in [-0.15, -0.1) is 0 Å². The van der Waals surface area contributed by atoms with Crippen LogP contribution >= 0.6 is 23.5 Å². The highest BCUT2D eigenvalue weighted by molar-refractivity contribution is 7.49. The summed E-state index contributed by atoms with van der Waals surface area (Å²) < 4.78 is 134. The maximum absolute atomic E-state index is 16.5. The van der Waals surface area contributed by atoms with Gasteiger partial charge in [-0.3, -0.25) is 50.3 Å². The molecular weight excluding hydrogens is 1480 g/mol. The average Bonchev–Trinajstić information content (AvgIpc) is 0.749. The number of hydrogen-bond donors (Lipinski definition) is 1. The Morgan fingerprint density at radius 1 is 0.295 bits per heavy atom. The van der Waals surface area contributed by atoms with Gasteiger partial charge in [0.2, 0.25) is 0 Å². The Morgan fingerprint density at radius 2 is 0.545 bits per heavy atom. The largest absolute Gasteiger partial charge is 0.475 e. The van der Waals surface area contributed by atoms with Gasteiger partial charge in [-0.05, 0) is 51.8 Å². The van der Waals surface area contributed by atoms with Gasteiger partial charge in [0.1, 0.15) is 43.2 Å². The van der Waals surface area contributed by atoms with Crippen molar-refractivity contribution in [3.8, 4) is 0 Å². The molecule has 1 aliphatic carbocycles. The smallest absolute Gasteiger partial charge is 0.462 e. The van der Waals surface area contributed by atoms with E-state index in [2.05, 4.69) is 13.8 Å². The molecule has 1 N–H and O–H groups in total. The summed E-state index contributed by atoms with van der Waals surface area (Å²) in [6.45, 7) is 1.07. The van der Waals surface area contributed by atoms with E-state index >= 15 is 13.7 Å². The van der Waals surface area contributed by atoms with Crippen molar-refractivity contribution in [2.75, 3.05) is 13.2 Å². The molecule has 0 bridgehead atoms. The van der Waals surface area contributed by atoms with Crippen LogP contribution in [0.1, 0.15) is 233 Å². The van der Waals surface area contributed by atoms with E-state index in [4.69, 9.17) is 59.7 Å². The van der Waals surface area contributed by atoms with E-state index in [-0.39, 0.29) is 52.5 Å². The van der Waals surface area contributed by atoms with E-state index < -0.39 is 98.0 Å². The fraction of sp³-hybridized carbons (Fsp3) is 0.511. The van der Waals surface area contributed by atoms with Gasteiger partial charge in [-0.1, -0.05) is 380 Å². The summed E-state index contributed by atoms with van der Waals surface area (Å²) in [5.74, 6) is -1.09. The molecule has 112 heavy (non-hydrogen) atoms. The Bertz CT molecular complexity index is 3650. The molecule has 612 valence electrons. The van der Waals surface area contributed by atoms with Crippen molar-refractivity contribution in [1.82, 2.24) is 0 Å². The molecule has 7 aromatic rings. The van der Waals surface area contributed by atoms with Crippen molar-refractivity contribution < 1.29 is 88.1 Å². The fourth-order valence-corrected chi connectivity index (χ4v) is 17.3. The van der Waals surface area contributed by atoms with Crippen LogP contribution in [0.4, 0.5) is 0 Å². The zero-order valence-corrected chi connectivity index (χ0v) is 68.7. The summed E-state index contributed by atoms with van der Waals surface area (Å²) in [4.78, 5) is 27.8. The number of ether oxygens (including phenoxy) is 4. The summed E-state index contributed by atoms with van der Waals surface area (Å²) in [5, 5.41) is 13.7. The number of carbonyl (C=O) groups excluding carboxylic acids is 2. The first-order valence-electron chi connectivity index (χ1n) is 41.1. The quantitative estimate of drug-likeness (QED) is 0.0212. The molecule has 22 heteroatoms. The molecular formula is C90H123O19P3. The van der Waals surface area contributed by atoms with Crippen molar-refractivity contribution in [2.24, 2.45) is 0 Å². The lowest BCUT2D eigenvalue weighted by atomic mass is 9.84. The third-order valence-corrected chi connectivity index (χ3v) is 23.8. The third-order valence-electron chi connectivity index (χ3n) is 19.6. The third kappa shape index (κ3) is 36.2. The summed E-state index contributed by atoms with van der Waals surface area (Å²) in [6, 6.07) is 62.5. The number of phosphoric ester groups is 3. The first-order chi connectivity index (χ1) is 54.8. The van der Waals surface area contributed by atoms with Crippen LogP contribution in [0.25, 0.3) is 0 Å². The molecule has 1 fully saturated rings. The first-order valence-corrected chi connectivity index (χ1v) is 45.4. The molecule has 1 aliphatic rings. The van der Waals surface area contributed by atoms with Crippen LogP contribution in [0.3, 0.4) is 0 Å². The van der Waals surface area contributed by atoms with Crippen LogP contribution in [-0.2, 0) is 129 Å². The standard InChI is InChI=1S/C90H123O19P3/c1-3-5-7-9-11-13-15-17-19-21-23-25-48-64-83(91)97-73-82(106-84(92)65-49-26-24-22-20-18-16-14-12-10-8-6-4-2)74-105-112(96,104-72-81-62-46-33-47-63-81)107-87-85(93)86(98-66-75-50-34-27-35-51-75)89(108-110(94,100-68-77-54-38-29-39-55-77)101-69-78-56-40-30-41-57-78)90(88(87)99-67-76-52-36-28-37-53-76)109-111(95,102-70-79-58-42-31-43-59-79)103-71-80-60-44-32-45-61-80/h27-47,50-63,82,85-90,93H,3-26,48-49,64-74H2,1-2H3/t82-,85?,86?,87?,88?,89?,90?,112?/m0/s1. The molecule has 1 saturated carbocycles. The number of aliphatic hydroxyl groups excluding tert-OH is 1. The minimum atomic E-state index is -5.26. The highest BCUT2D eigenvalue weighted by Crippen LogP contribution is 2.60. The van der Waals surface area contributed by atoms with E-state index in [1.54, 1.807) is 176 Å². The first kappa shape index (κ1) is 91.2. The van der Waals surface area contributed by atoms with Gasteiger partial charge in [0.05, 0.1) is 52.9 Å². The van der Waals surface area contributed by atoms with Gasteiger partial charge in [-0.2, -0.15) is 0 Å². The molecule has 7 unspecified atom stereocenters. The van der Waals surface area contributed by atoms with Crippen LogP contribution in [0.2, 0.25) is 0 Å². The van der Waals surface area contributed by atoms with Crippen molar-refractivity contribution in [3.05, 3.63) is 251 Å². The van der Waals surface area contributed by atoms with Crippen molar-refractivity contribution >= 4 is 35.4 Å². The second kappa shape index (κ2) is 53.8. The Labute approximate surface area is 667 Å². The second-order valence-electron chi connectivity index (χ2n) is 28.9. The number of rotatable bonds is 61. The van der Waals surface area contributed by atoms with Crippen molar-refractivity contribution in [3.63, 3.8) is 0 Å². The van der Waals surface area contributed by atoms with Crippen molar-refractivity contribution in [1.29, 1.82) is 0 Å². The number of carbonyl (C=O) groups is 2. The normalized spacial score (nSPS) is 17.4. The molecule has 8 atom stereocenters. The summed E-state index contributed by atoms with van der Waals surface area (Å²) in [6.07, 6.45) is 16.6. The highest BCUT2D eigenvalue weighted by Gasteiger charge is 2.60. The highest BCUT2D eigenvalue weighted by atomic mass is 31.2. The zero-order chi connectivity index (χ0) is 78.8. The van der Waals surface area contributed by atoms with Gasteiger partial charge in [0.25, 0.3) is 0 Å². The van der Waals surface area contributed by atoms with E-state index in [1.165, 1.54) is 103 Å².